The first kappa shape index (κ1) is 23.9. The highest BCUT2D eigenvalue weighted by Crippen LogP contribution is 2.13. The van der Waals surface area contributed by atoms with Gasteiger partial charge in [-0.3, -0.25) is 4.79 Å². The second kappa shape index (κ2) is 13.1. The lowest BCUT2D eigenvalue weighted by Crippen LogP contribution is -2.39. The molecule has 2 aromatic carbocycles. The van der Waals surface area contributed by atoms with E-state index >= 15 is 0 Å². The Balaban J connectivity index is 0.00000392. The predicted octanol–water partition coefficient (Wildman–Crippen LogP) is 2.50. The van der Waals surface area contributed by atoms with E-state index in [1.165, 1.54) is 0 Å². The average molecular weight is 496 g/mol. The summed E-state index contributed by atoms with van der Waals surface area (Å²) in [7, 11) is 1.62. The van der Waals surface area contributed by atoms with E-state index in [1.807, 2.05) is 55.5 Å². The second-order valence-corrected chi connectivity index (χ2v) is 6.15. The number of rotatable bonds is 8. The van der Waals surface area contributed by atoms with Crippen LogP contribution >= 0.6 is 24.0 Å². The van der Waals surface area contributed by atoms with E-state index in [4.69, 9.17) is 0 Å². The molecule has 28 heavy (non-hydrogen) atoms. The molecule has 4 N–H and O–H groups in total. The van der Waals surface area contributed by atoms with Gasteiger partial charge < -0.3 is 21.1 Å². The van der Waals surface area contributed by atoms with Crippen molar-refractivity contribution in [2.75, 3.05) is 26.7 Å². The van der Waals surface area contributed by atoms with E-state index < -0.39 is 0 Å². The first-order valence-electron chi connectivity index (χ1n) is 9.17. The number of aliphatic imine (C=N–C) groups is 1. The van der Waals surface area contributed by atoms with Gasteiger partial charge in [-0.25, -0.2) is 4.99 Å². The van der Waals surface area contributed by atoms with Gasteiger partial charge in [-0.2, -0.15) is 0 Å². The molecule has 0 aliphatic rings. The number of nitrogens with zero attached hydrogens (tertiary/aromatic N) is 1. The number of carbonyl (C=O) groups excluding carboxylic acids is 1. The maximum atomic E-state index is 11.8. The molecule has 0 aliphatic heterocycles. The van der Waals surface area contributed by atoms with Gasteiger partial charge >= 0.3 is 0 Å². The van der Waals surface area contributed by atoms with Crippen LogP contribution in [0.3, 0.4) is 0 Å². The Morgan fingerprint density at radius 1 is 1.11 bits per heavy atom. The first-order chi connectivity index (χ1) is 13.2. The summed E-state index contributed by atoms with van der Waals surface area (Å²) in [5.74, 6) is 0.559. The summed E-state index contributed by atoms with van der Waals surface area (Å²) >= 11 is 0. The van der Waals surface area contributed by atoms with Crippen molar-refractivity contribution in [3.8, 4) is 0 Å². The van der Waals surface area contributed by atoms with E-state index in [9.17, 15) is 9.90 Å². The number of guanidine groups is 1. The summed E-state index contributed by atoms with van der Waals surface area (Å²) in [4.78, 5) is 16.3. The maximum absolute atomic E-state index is 11.8. The first-order valence-corrected chi connectivity index (χ1v) is 9.17. The molecule has 1 unspecified atom stereocenters. The number of hydrogen-bond acceptors (Lipinski definition) is 3. The van der Waals surface area contributed by atoms with Crippen molar-refractivity contribution in [1.82, 2.24) is 16.0 Å². The van der Waals surface area contributed by atoms with Crippen molar-refractivity contribution in [2.24, 2.45) is 4.99 Å². The number of hydrogen-bond donors (Lipinski definition) is 4. The fourth-order valence-corrected chi connectivity index (χ4v) is 2.70. The zero-order valence-electron chi connectivity index (χ0n) is 16.3. The minimum atomic E-state index is -0.112. The van der Waals surface area contributed by atoms with Crippen LogP contribution in [0, 0.1) is 0 Å². The molecule has 0 saturated carbocycles. The summed E-state index contributed by atoms with van der Waals surface area (Å²) < 4.78 is 0. The smallest absolute Gasteiger partial charge is 0.251 e. The lowest BCUT2D eigenvalue weighted by molar-refractivity contribution is 0.0963. The molecule has 0 radical (unpaired) electrons. The number of carbonyl (C=O) groups is 1. The summed E-state index contributed by atoms with van der Waals surface area (Å²) in [6, 6.07) is 17.3. The van der Waals surface area contributed by atoms with Crippen molar-refractivity contribution >= 4 is 35.8 Å². The average Bonchev–Trinajstić information content (AvgIpc) is 2.72. The van der Waals surface area contributed by atoms with Crippen molar-refractivity contribution in [1.29, 1.82) is 0 Å². The zero-order valence-corrected chi connectivity index (χ0v) is 18.6. The fourth-order valence-electron chi connectivity index (χ4n) is 2.70. The Bertz CT molecular complexity index is 753. The van der Waals surface area contributed by atoms with Gasteiger partial charge in [0.2, 0.25) is 0 Å². The van der Waals surface area contributed by atoms with E-state index in [-0.39, 0.29) is 42.4 Å². The number of aliphatic hydroxyl groups excluding tert-OH is 1. The van der Waals surface area contributed by atoms with Gasteiger partial charge in [-0.15, -0.1) is 24.0 Å². The van der Waals surface area contributed by atoms with Crippen molar-refractivity contribution in [2.45, 2.75) is 19.4 Å². The zero-order chi connectivity index (χ0) is 19.5. The van der Waals surface area contributed by atoms with Crippen LogP contribution in [0.25, 0.3) is 0 Å². The number of aliphatic hydroxyl groups is 1. The van der Waals surface area contributed by atoms with E-state index in [1.54, 1.807) is 13.1 Å². The van der Waals surface area contributed by atoms with Gasteiger partial charge in [0.15, 0.2) is 5.96 Å². The molecule has 0 bridgehead atoms. The number of nitrogens with one attached hydrogen (secondary N) is 3. The van der Waals surface area contributed by atoms with Crippen LogP contribution < -0.4 is 16.0 Å². The highest BCUT2D eigenvalue weighted by atomic mass is 127. The molecule has 0 aromatic heterocycles. The van der Waals surface area contributed by atoms with Gasteiger partial charge in [0, 0.05) is 31.6 Å². The molecule has 152 valence electrons. The third-order valence-electron chi connectivity index (χ3n) is 4.19. The standard InChI is InChI=1S/C21H28N4O2.HI/c1-3-23-21(25-14-19(15-26)17-9-5-4-6-10-17)24-13-16-8-7-11-18(12-16)20(27)22-2;/h4-12,19,26H,3,13-15H2,1-2H3,(H,22,27)(H2,23,24,25);1H. The predicted molar refractivity (Wildman–Crippen MR) is 124 cm³/mol. The van der Waals surface area contributed by atoms with Crippen LogP contribution in [0.2, 0.25) is 0 Å². The van der Waals surface area contributed by atoms with Crippen LogP contribution in [-0.4, -0.2) is 43.7 Å². The molecule has 0 fully saturated rings. The lowest BCUT2D eigenvalue weighted by Gasteiger charge is -2.18. The van der Waals surface area contributed by atoms with Crippen LogP contribution in [0.5, 0.6) is 0 Å². The Morgan fingerprint density at radius 2 is 1.86 bits per heavy atom. The highest BCUT2D eigenvalue weighted by molar-refractivity contribution is 14.0. The van der Waals surface area contributed by atoms with Crippen molar-refractivity contribution in [3.63, 3.8) is 0 Å². The van der Waals surface area contributed by atoms with E-state index in [0.29, 0.717) is 24.6 Å². The van der Waals surface area contributed by atoms with Crippen molar-refractivity contribution < 1.29 is 9.90 Å². The molecule has 6 nitrogen and oxygen atoms in total. The topological polar surface area (TPSA) is 85.8 Å². The van der Waals surface area contributed by atoms with Gasteiger partial charge in [0.05, 0.1) is 13.2 Å². The third-order valence-corrected chi connectivity index (χ3v) is 4.19. The minimum absolute atomic E-state index is 0. The molecule has 0 spiro atoms. The van der Waals surface area contributed by atoms with Crippen LogP contribution in [0.15, 0.2) is 59.6 Å². The van der Waals surface area contributed by atoms with E-state index in [0.717, 1.165) is 17.7 Å². The normalized spacial score (nSPS) is 11.9. The van der Waals surface area contributed by atoms with Gasteiger partial charge in [0.25, 0.3) is 5.91 Å². The molecule has 0 heterocycles. The number of amides is 1. The van der Waals surface area contributed by atoms with Crippen LogP contribution in [0.1, 0.15) is 34.3 Å². The second-order valence-electron chi connectivity index (χ2n) is 6.15. The highest BCUT2D eigenvalue weighted by Gasteiger charge is 2.11. The number of halogens is 1. The van der Waals surface area contributed by atoms with Gasteiger partial charge in [-0.1, -0.05) is 42.5 Å². The summed E-state index contributed by atoms with van der Waals surface area (Å²) in [5.41, 5.74) is 2.66. The van der Waals surface area contributed by atoms with Crippen LogP contribution in [0.4, 0.5) is 0 Å². The largest absolute Gasteiger partial charge is 0.396 e. The molecule has 7 heteroatoms. The minimum Gasteiger partial charge on any atom is -0.396 e. The van der Waals surface area contributed by atoms with E-state index in [2.05, 4.69) is 20.9 Å². The monoisotopic (exact) mass is 496 g/mol. The summed E-state index contributed by atoms with van der Waals surface area (Å²) in [6.45, 7) is 3.83. The SMILES string of the molecule is CCNC(=NCc1cccc(C(=O)NC)c1)NCC(CO)c1ccccc1.I. The Hall–Kier alpha value is -2.13. The Kier molecular flexibility index (Phi) is 11.2. The Labute approximate surface area is 183 Å². The number of benzene rings is 2. The quantitative estimate of drug-likeness (QED) is 0.257. The third kappa shape index (κ3) is 7.47. The fraction of sp³-hybridized carbons (Fsp3) is 0.333. The molecule has 2 rings (SSSR count). The molecular formula is C21H29IN4O2. The molecular weight excluding hydrogens is 467 g/mol. The molecule has 0 aliphatic carbocycles. The van der Waals surface area contributed by atoms with Gasteiger partial charge in [-0.05, 0) is 30.2 Å². The van der Waals surface area contributed by atoms with Gasteiger partial charge in [0.1, 0.15) is 0 Å². The molecule has 2 aromatic rings. The molecule has 1 amide bonds. The summed E-state index contributed by atoms with van der Waals surface area (Å²) in [5, 5.41) is 18.8. The van der Waals surface area contributed by atoms with Crippen LogP contribution in [-0.2, 0) is 6.54 Å². The van der Waals surface area contributed by atoms with Crippen molar-refractivity contribution in [3.05, 3.63) is 71.3 Å². The lowest BCUT2D eigenvalue weighted by atomic mass is 10.0. The summed E-state index contributed by atoms with van der Waals surface area (Å²) in [6.07, 6.45) is 0. The molecule has 0 saturated heterocycles. The Morgan fingerprint density at radius 3 is 2.50 bits per heavy atom. The maximum Gasteiger partial charge on any atom is 0.251 e. The molecule has 1 atom stereocenters.